The maximum atomic E-state index is 5.79. The molecule has 1 heterocycles. The molecule has 20 heavy (non-hydrogen) atoms. The minimum Gasteiger partial charge on any atom is -0.494 e. The molecule has 112 valence electrons. The first kappa shape index (κ1) is 15.0. The summed E-state index contributed by atoms with van der Waals surface area (Å²) in [6.45, 7) is 11.8. The molecule has 1 aromatic carbocycles. The van der Waals surface area contributed by atoms with Gasteiger partial charge in [-0.15, -0.1) is 0 Å². The largest absolute Gasteiger partial charge is 0.494 e. The summed E-state index contributed by atoms with van der Waals surface area (Å²) in [5.74, 6) is 1.85. The van der Waals surface area contributed by atoms with Gasteiger partial charge in [-0.05, 0) is 39.8 Å². The minimum atomic E-state index is 0.447. The van der Waals surface area contributed by atoms with E-state index in [0.717, 1.165) is 30.3 Å². The number of piperazine rings is 1. The van der Waals surface area contributed by atoms with Gasteiger partial charge >= 0.3 is 0 Å². The number of anilines is 1. The highest BCUT2D eigenvalue weighted by atomic mass is 16.5. The lowest BCUT2D eigenvalue weighted by Crippen LogP contribution is -2.54. The number of ether oxygens (including phenoxy) is 2. The van der Waals surface area contributed by atoms with Crippen molar-refractivity contribution < 1.29 is 9.47 Å². The minimum absolute atomic E-state index is 0.447. The monoisotopic (exact) mass is 278 g/mol. The van der Waals surface area contributed by atoms with Crippen LogP contribution in [0.15, 0.2) is 18.2 Å². The van der Waals surface area contributed by atoms with Crippen LogP contribution >= 0.6 is 0 Å². The van der Waals surface area contributed by atoms with E-state index in [2.05, 4.69) is 30.1 Å². The second-order valence-corrected chi connectivity index (χ2v) is 5.31. The number of hydrogen-bond donors (Lipinski definition) is 1. The molecule has 2 rings (SSSR count). The first-order chi connectivity index (χ1) is 9.65. The molecule has 1 aliphatic rings. The molecule has 0 saturated carbocycles. The van der Waals surface area contributed by atoms with Crippen molar-refractivity contribution in [2.75, 3.05) is 31.2 Å². The Balaban J connectivity index is 2.32. The molecule has 1 aliphatic heterocycles. The Bertz CT molecular complexity index is 436. The van der Waals surface area contributed by atoms with Crippen molar-refractivity contribution in [1.29, 1.82) is 0 Å². The van der Waals surface area contributed by atoms with Crippen LogP contribution in [-0.4, -0.2) is 38.4 Å². The summed E-state index contributed by atoms with van der Waals surface area (Å²) in [6.07, 6.45) is 0. The molecule has 0 amide bonds. The predicted octanol–water partition coefficient (Wildman–Crippen LogP) is 2.67. The molecule has 0 bridgehead atoms. The van der Waals surface area contributed by atoms with Gasteiger partial charge in [0.1, 0.15) is 11.5 Å². The summed E-state index contributed by atoms with van der Waals surface area (Å²) < 4.78 is 11.4. The molecule has 4 heteroatoms. The van der Waals surface area contributed by atoms with Crippen LogP contribution in [0.2, 0.25) is 0 Å². The Hall–Kier alpha value is -1.42. The second kappa shape index (κ2) is 6.84. The molecular weight excluding hydrogens is 252 g/mol. The second-order valence-electron chi connectivity index (χ2n) is 5.31. The summed E-state index contributed by atoms with van der Waals surface area (Å²) in [5.41, 5.74) is 1.14. The van der Waals surface area contributed by atoms with Crippen molar-refractivity contribution in [3.63, 3.8) is 0 Å². The van der Waals surface area contributed by atoms with E-state index in [1.807, 2.05) is 26.0 Å². The van der Waals surface area contributed by atoms with Gasteiger partial charge in [0.2, 0.25) is 0 Å². The third-order valence-corrected chi connectivity index (χ3v) is 3.62. The lowest BCUT2D eigenvalue weighted by Gasteiger charge is -2.40. The summed E-state index contributed by atoms with van der Waals surface area (Å²) in [6, 6.07) is 7.03. The normalized spacial score (nSPS) is 22.7. The van der Waals surface area contributed by atoms with E-state index >= 15 is 0 Å². The predicted molar refractivity (Wildman–Crippen MR) is 83.1 cm³/mol. The smallest absolute Gasteiger partial charge is 0.142 e. The lowest BCUT2D eigenvalue weighted by molar-refractivity contribution is 0.328. The summed E-state index contributed by atoms with van der Waals surface area (Å²) >= 11 is 0. The Morgan fingerprint density at radius 3 is 2.65 bits per heavy atom. The first-order valence-electron chi connectivity index (χ1n) is 7.55. The lowest BCUT2D eigenvalue weighted by atomic mass is 10.1. The Morgan fingerprint density at radius 2 is 1.95 bits per heavy atom. The molecule has 0 radical (unpaired) electrons. The fraction of sp³-hybridized carbons (Fsp3) is 0.625. The molecule has 4 nitrogen and oxygen atoms in total. The molecule has 2 unspecified atom stereocenters. The molecule has 0 aromatic heterocycles. The molecular formula is C16H26N2O2. The standard InChI is InChI=1S/C16H26N2O2/c1-5-19-14-7-8-16(20-6-2)15(9-14)18-11-12(3)17-10-13(18)4/h7-9,12-13,17H,5-6,10-11H2,1-4H3. The molecule has 2 atom stereocenters. The van der Waals surface area contributed by atoms with Gasteiger partial charge in [-0.1, -0.05) is 0 Å². The van der Waals surface area contributed by atoms with Gasteiger partial charge < -0.3 is 19.7 Å². The van der Waals surface area contributed by atoms with Crippen LogP contribution in [0, 0.1) is 0 Å². The van der Waals surface area contributed by atoms with Crippen molar-refractivity contribution in [2.45, 2.75) is 39.8 Å². The van der Waals surface area contributed by atoms with Crippen LogP contribution in [0.5, 0.6) is 11.5 Å². The summed E-state index contributed by atoms with van der Waals surface area (Å²) in [5, 5.41) is 3.51. The molecule has 1 fully saturated rings. The Kier molecular flexibility index (Phi) is 5.12. The average molecular weight is 278 g/mol. The van der Waals surface area contributed by atoms with Gasteiger partial charge in [-0.3, -0.25) is 0 Å². The van der Waals surface area contributed by atoms with E-state index in [-0.39, 0.29) is 0 Å². The van der Waals surface area contributed by atoms with E-state index in [4.69, 9.17) is 9.47 Å². The zero-order chi connectivity index (χ0) is 14.5. The zero-order valence-electron chi connectivity index (χ0n) is 13.0. The summed E-state index contributed by atoms with van der Waals surface area (Å²) in [7, 11) is 0. The van der Waals surface area contributed by atoms with Crippen molar-refractivity contribution in [3.8, 4) is 11.5 Å². The van der Waals surface area contributed by atoms with Crippen LogP contribution in [-0.2, 0) is 0 Å². The average Bonchev–Trinajstić information content (AvgIpc) is 2.44. The number of nitrogens with zero attached hydrogens (tertiary/aromatic N) is 1. The number of hydrogen-bond acceptors (Lipinski definition) is 4. The maximum Gasteiger partial charge on any atom is 0.142 e. The van der Waals surface area contributed by atoms with Gasteiger partial charge in [0.15, 0.2) is 0 Å². The molecule has 0 aliphatic carbocycles. The first-order valence-corrected chi connectivity index (χ1v) is 7.55. The van der Waals surface area contributed by atoms with Gasteiger partial charge in [-0.25, -0.2) is 0 Å². The molecule has 1 saturated heterocycles. The highest BCUT2D eigenvalue weighted by molar-refractivity contribution is 5.62. The van der Waals surface area contributed by atoms with Gasteiger partial charge in [0.05, 0.1) is 18.9 Å². The van der Waals surface area contributed by atoms with Gasteiger partial charge in [0.25, 0.3) is 0 Å². The van der Waals surface area contributed by atoms with E-state index < -0.39 is 0 Å². The quantitative estimate of drug-likeness (QED) is 0.898. The fourth-order valence-corrected chi connectivity index (χ4v) is 2.61. The van der Waals surface area contributed by atoms with Crippen molar-refractivity contribution >= 4 is 5.69 Å². The third-order valence-electron chi connectivity index (χ3n) is 3.62. The van der Waals surface area contributed by atoms with E-state index in [0.29, 0.717) is 25.3 Å². The highest BCUT2D eigenvalue weighted by Gasteiger charge is 2.25. The number of nitrogens with one attached hydrogen (secondary N) is 1. The van der Waals surface area contributed by atoms with E-state index in [9.17, 15) is 0 Å². The van der Waals surface area contributed by atoms with Crippen LogP contribution in [0.1, 0.15) is 27.7 Å². The highest BCUT2D eigenvalue weighted by Crippen LogP contribution is 2.34. The van der Waals surface area contributed by atoms with Crippen LogP contribution < -0.4 is 19.7 Å². The van der Waals surface area contributed by atoms with Crippen molar-refractivity contribution in [2.24, 2.45) is 0 Å². The SMILES string of the molecule is CCOc1ccc(OCC)c(N2CC(C)NCC2C)c1. The third kappa shape index (κ3) is 3.37. The topological polar surface area (TPSA) is 33.7 Å². The Labute approximate surface area is 122 Å². The van der Waals surface area contributed by atoms with Crippen LogP contribution in [0.4, 0.5) is 5.69 Å². The van der Waals surface area contributed by atoms with Crippen molar-refractivity contribution in [3.05, 3.63) is 18.2 Å². The Morgan fingerprint density at radius 1 is 1.20 bits per heavy atom. The van der Waals surface area contributed by atoms with Crippen molar-refractivity contribution in [1.82, 2.24) is 5.32 Å². The van der Waals surface area contributed by atoms with Crippen LogP contribution in [0.25, 0.3) is 0 Å². The summed E-state index contributed by atoms with van der Waals surface area (Å²) in [4.78, 5) is 2.41. The van der Waals surface area contributed by atoms with E-state index in [1.54, 1.807) is 0 Å². The van der Waals surface area contributed by atoms with Gasteiger partial charge in [0, 0.05) is 31.2 Å². The molecule has 1 N–H and O–H groups in total. The fourth-order valence-electron chi connectivity index (χ4n) is 2.61. The number of benzene rings is 1. The van der Waals surface area contributed by atoms with Gasteiger partial charge in [-0.2, -0.15) is 0 Å². The maximum absolute atomic E-state index is 5.79. The van der Waals surface area contributed by atoms with Crippen LogP contribution in [0.3, 0.4) is 0 Å². The molecule has 1 aromatic rings. The number of rotatable bonds is 5. The zero-order valence-corrected chi connectivity index (χ0v) is 13.0. The molecule has 0 spiro atoms. The van der Waals surface area contributed by atoms with E-state index in [1.165, 1.54) is 0 Å².